The minimum atomic E-state index is -4.17. The molecule has 0 aliphatic heterocycles. The number of hydrazone groups is 1. The van der Waals surface area contributed by atoms with Gasteiger partial charge in [-0.2, -0.15) is 9.41 Å². The van der Waals surface area contributed by atoms with Crippen LogP contribution in [0.25, 0.3) is 0 Å². The third-order valence-electron chi connectivity index (χ3n) is 4.76. The molecule has 0 aliphatic rings. The Hall–Kier alpha value is -3.47. The van der Waals surface area contributed by atoms with Crippen LogP contribution in [0.4, 0.5) is 4.39 Å². The third-order valence-corrected chi connectivity index (χ3v) is 6.82. The van der Waals surface area contributed by atoms with Gasteiger partial charge in [-0.05, 0) is 61.0 Å². The highest BCUT2D eigenvalue weighted by molar-refractivity contribution is 7.89. The highest BCUT2D eigenvalue weighted by Crippen LogP contribution is 2.26. The van der Waals surface area contributed by atoms with Crippen LogP contribution in [0.3, 0.4) is 0 Å². The molecule has 0 saturated carbocycles. The predicted molar refractivity (Wildman–Crippen MR) is 130 cm³/mol. The lowest BCUT2D eigenvalue weighted by Gasteiger charge is -2.21. The van der Waals surface area contributed by atoms with Crippen molar-refractivity contribution in [3.63, 3.8) is 0 Å². The van der Waals surface area contributed by atoms with E-state index in [4.69, 9.17) is 16.3 Å². The number of aromatic hydroxyl groups is 1. The molecule has 0 atom stereocenters. The standard InChI is InChI=1S/C24H23ClFN3O5S/c1-2-34-23-13-17(7-12-22(23)30)14-27-28-24(31)16-29(15-18-5-3-4-6-21(18)26)35(32,33)20-10-8-19(25)9-11-20/h3-14,30H,2,15-16H2,1H3,(H,28,31). The fraction of sp³-hybridized carbons (Fsp3) is 0.167. The van der Waals surface area contributed by atoms with Crippen molar-refractivity contribution in [3.05, 3.63) is 88.7 Å². The summed E-state index contributed by atoms with van der Waals surface area (Å²) in [7, 11) is -4.17. The lowest BCUT2D eigenvalue weighted by molar-refractivity contribution is -0.121. The number of nitrogens with zero attached hydrogens (tertiary/aromatic N) is 2. The number of phenols is 1. The molecule has 0 spiro atoms. The van der Waals surface area contributed by atoms with Crippen molar-refractivity contribution in [2.75, 3.05) is 13.2 Å². The molecule has 3 aromatic carbocycles. The van der Waals surface area contributed by atoms with Crippen LogP contribution in [-0.4, -0.2) is 43.1 Å². The number of benzene rings is 3. The lowest BCUT2D eigenvalue weighted by atomic mass is 10.2. The van der Waals surface area contributed by atoms with Gasteiger partial charge in [0.05, 0.1) is 24.3 Å². The molecular formula is C24H23ClFN3O5S. The minimum absolute atomic E-state index is 0.0378. The largest absolute Gasteiger partial charge is 0.504 e. The van der Waals surface area contributed by atoms with Crippen LogP contribution in [0.1, 0.15) is 18.1 Å². The van der Waals surface area contributed by atoms with E-state index >= 15 is 0 Å². The van der Waals surface area contributed by atoms with E-state index in [-0.39, 0.29) is 28.5 Å². The molecule has 0 radical (unpaired) electrons. The number of nitrogens with one attached hydrogen (secondary N) is 1. The summed E-state index contributed by atoms with van der Waals surface area (Å²) in [5.74, 6) is -1.12. The first-order valence-electron chi connectivity index (χ1n) is 10.5. The predicted octanol–water partition coefficient (Wildman–Crippen LogP) is 3.92. The van der Waals surface area contributed by atoms with E-state index < -0.39 is 28.3 Å². The van der Waals surface area contributed by atoms with Crippen molar-refractivity contribution in [2.24, 2.45) is 5.10 Å². The van der Waals surface area contributed by atoms with Crippen molar-refractivity contribution in [1.29, 1.82) is 0 Å². The fourth-order valence-corrected chi connectivity index (χ4v) is 4.55. The normalized spacial score (nSPS) is 11.7. The first-order chi connectivity index (χ1) is 16.7. The van der Waals surface area contributed by atoms with E-state index in [0.29, 0.717) is 17.2 Å². The van der Waals surface area contributed by atoms with Gasteiger partial charge in [0.1, 0.15) is 5.82 Å². The van der Waals surface area contributed by atoms with Crippen molar-refractivity contribution in [2.45, 2.75) is 18.4 Å². The van der Waals surface area contributed by atoms with Gasteiger partial charge in [-0.3, -0.25) is 4.79 Å². The smallest absolute Gasteiger partial charge is 0.255 e. The summed E-state index contributed by atoms with van der Waals surface area (Å²) in [6.07, 6.45) is 1.31. The van der Waals surface area contributed by atoms with E-state index in [0.717, 1.165) is 4.31 Å². The Kier molecular flexibility index (Phi) is 8.80. The summed E-state index contributed by atoms with van der Waals surface area (Å²) in [4.78, 5) is 12.5. The second kappa shape index (κ2) is 11.8. The van der Waals surface area contributed by atoms with Crippen molar-refractivity contribution >= 4 is 33.7 Å². The van der Waals surface area contributed by atoms with Crippen LogP contribution in [0.2, 0.25) is 5.02 Å². The van der Waals surface area contributed by atoms with Gasteiger partial charge in [-0.15, -0.1) is 0 Å². The summed E-state index contributed by atoms with van der Waals surface area (Å²) in [6.45, 7) is 1.14. The molecule has 0 bridgehead atoms. The monoisotopic (exact) mass is 519 g/mol. The third kappa shape index (κ3) is 7.01. The summed E-state index contributed by atoms with van der Waals surface area (Å²) in [5, 5.41) is 14.0. The maximum atomic E-state index is 14.2. The Balaban J connectivity index is 1.78. The topological polar surface area (TPSA) is 108 Å². The van der Waals surface area contributed by atoms with E-state index in [1.54, 1.807) is 19.1 Å². The Labute approximate surface area is 207 Å². The molecule has 8 nitrogen and oxygen atoms in total. The van der Waals surface area contributed by atoms with Crippen LogP contribution < -0.4 is 10.2 Å². The van der Waals surface area contributed by atoms with Crippen molar-refractivity contribution in [1.82, 2.24) is 9.73 Å². The first kappa shape index (κ1) is 26.1. The van der Waals surface area contributed by atoms with Gasteiger partial charge in [0.2, 0.25) is 10.0 Å². The Morgan fingerprint density at radius 1 is 1.17 bits per heavy atom. The van der Waals surface area contributed by atoms with Crippen LogP contribution >= 0.6 is 11.6 Å². The van der Waals surface area contributed by atoms with Gasteiger partial charge in [0, 0.05) is 17.1 Å². The maximum Gasteiger partial charge on any atom is 0.255 e. The van der Waals surface area contributed by atoms with Gasteiger partial charge >= 0.3 is 0 Å². The molecule has 0 fully saturated rings. The zero-order valence-corrected chi connectivity index (χ0v) is 20.3. The van der Waals surface area contributed by atoms with Gasteiger partial charge in [-0.25, -0.2) is 18.2 Å². The zero-order chi connectivity index (χ0) is 25.4. The summed E-state index contributed by atoms with van der Waals surface area (Å²) in [6, 6.07) is 15.7. The molecule has 0 aromatic heterocycles. The van der Waals surface area contributed by atoms with E-state index in [1.807, 2.05) is 0 Å². The minimum Gasteiger partial charge on any atom is -0.504 e. The van der Waals surface area contributed by atoms with Crippen molar-refractivity contribution < 1.29 is 27.4 Å². The van der Waals surface area contributed by atoms with Gasteiger partial charge in [-0.1, -0.05) is 29.8 Å². The summed E-state index contributed by atoms with van der Waals surface area (Å²) < 4.78 is 46.9. The average molecular weight is 520 g/mol. The highest BCUT2D eigenvalue weighted by Gasteiger charge is 2.27. The molecule has 3 aromatic rings. The Bertz CT molecular complexity index is 1320. The molecule has 35 heavy (non-hydrogen) atoms. The molecule has 1 amide bonds. The number of carbonyl (C=O) groups excluding carboxylic acids is 1. The van der Waals surface area contributed by atoms with Crippen LogP contribution in [0.15, 0.2) is 76.7 Å². The number of phenolic OH excluding ortho intramolecular Hbond substituents is 1. The molecule has 0 aliphatic carbocycles. The van der Waals surface area contributed by atoms with E-state index in [9.17, 15) is 22.7 Å². The fourth-order valence-electron chi connectivity index (χ4n) is 3.05. The number of carbonyl (C=O) groups is 1. The van der Waals surface area contributed by atoms with Crippen LogP contribution in [0.5, 0.6) is 11.5 Å². The van der Waals surface area contributed by atoms with Crippen LogP contribution in [-0.2, 0) is 21.4 Å². The number of hydrogen-bond donors (Lipinski definition) is 2. The Morgan fingerprint density at radius 2 is 1.89 bits per heavy atom. The maximum absolute atomic E-state index is 14.2. The van der Waals surface area contributed by atoms with E-state index in [1.165, 1.54) is 60.8 Å². The van der Waals surface area contributed by atoms with Crippen molar-refractivity contribution in [3.8, 4) is 11.5 Å². The molecular weight excluding hydrogens is 497 g/mol. The summed E-state index contributed by atoms with van der Waals surface area (Å²) in [5.41, 5.74) is 2.90. The molecule has 2 N–H and O–H groups in total. The van der Waals surface area contributed by atoms with Crippen LogP contribution in [0, 0.1) is 5.82 Å². The van der Waals surface area contributed by atoms with Gasteiger partial charge in [0.25, 0.3) is 5.91 Å². The number of halogens is 2. The molecule has 11 heteroatoms. The Morgan fingerprint density at radius 3 is 2.57 bits per heavy atom. The van der Waals surface area contributed by atoms with Gasteiger partial charge < -0.3 is 9.84 Å². The first-order valence-corrected chi connectivity index (χ1v) is 12.3. The summed E-state index contributed by atoms with van der Waals surface area (Å²) >= 11 is 5.86. The lowest BCUT2D eigenvalue weighted by Crippen LogP contribution is -2.39. The van der Waals surface area contributed by atoms with Gasteiger partial charge in [0.15, 0.2) is 11.5 Å². The second-order valence-corrected chi connectivity index (χ2v) is 9.65. The zero-order valence-electron chi connectivity index (χ0n) is 18.7. The molecule has 0 saturated heterocycles. The number of rotatable bonds is 10. The highest BCUT2D eigenvalue weighted by atomic mass is 35.5. The number of sulfonamides is 1. The second-order valence-electron chi connectivity index (χ2n) is 7.27. The molecule has 0 heterocycles. The SMILES string of the molecule is CCOc1cc(C=NNC(=O)CN(Cc2ccccc2F)S(=O)(=O)c2ccc(Cl)cc2)ccc1O. The molecule has 0 unspecified atom stereocenters. The molecule has 3 rings (SSSR count). The quantitative estimate of drug-likeness (QED) is 0.312. The number of amides is 1. The number of ether oxygens (including phenoxy) is 1. The number of hydrogen-bond acceptors (Lipinski definition) is 6. The average Bonchev–Trinajstić information content (AvgIpc) is 2.82. The molecule has 184 valence electrons. The van der Waals surface area contributed by atoms with E-state index in [2.05, 4.69) is 10.5 Å².